The third-order valence-electron chi connectivity index (χ3n) is 5.22. The van der Waals surface area contributed by atoms with Crippen molar-refractivity contribution >= 4 is 11.9 Å². The SMILES string of the molecule is CNC(=O)[C@@H]1CCCN1C(=O)N[C@@H](c1ccccn1)C1CCCC1. The molecule has 1 aliphatic heterocycles. The van der Waals surface area contributed by atoms with Crippen molar-refractivity contribution < 1.29 is 9.59 Å². The molecule has 1 aromatic heterocycles. The van der Waals surface area contributed by atoms with Gasteiger partial charge in [-0.15, -0.1) is 0 Å². The van der Waals surface area contributed by atoms with Gasteiger partial charge in [-0.3, -0.25) is 9.78 Å². The van der Waals surface area contributed by atoms with E-state index in [2.05, 4.69) is 15.6 Å². The van der Waals surface area contributed by atoms with E-state index in [4.69, 9.17) is 0 Å². The molecule has 1 saturated carbocycles. The second-order valence-electron chi connectivity index (χ2n) is 6.69. The standard InChI is InChI=1S/C18H26N4O2/c1-19-17(23)15-10-6-12-22(15)18(24)21-16(13-7-2-3-8-13)14-9-4-5-11-20-14/h4-5,9,11,13,15-16H,2-3,6-8,10,12H2,1H3,(H,19,23)(H,21,24)/t15-,16+/m0/s1. The number of likely N-dealkylation sites (N-methyl/N-ethyl adjacent to an activating group) is 1. The first-order valence-electron chi connectivity index (χ1n) is 8.90. The smallest absolute Gasteiger partial charge is 0.318 e. The van der Waals surface area contributed by atoms with Crippen molar-refractivity contribution in [3.8, 4) is 0 Å². The molecule has 1 aromatic rings. The van der Waals surface area contributed by atoms with Crippen molar-refractivity contribution in [1.82, 2.24) is 20.5 Å². The number of urea groups is 1. The molecule has 2 fully saturated rings. The summed E-state index contributed by atoms with van der Waals surface area (Å²) in [5, 5.41) is 5.83. The molecule has 0 spiro atoms. The van der Waals surface area contributed by atoms with E-state index in [9.17, 15) is 9.59 Å². The van der Waals surface area contributed by atoms with E-state index in [-0.39, 0.29) is 24.0 Å². The number of aromatic nitrogens is 1. The Morgan fingerprint density at radius 2 is 2.00 bits per heavy atom. The Morgan fingerprint density at radius 3 is 2.67 bits per heavy atom. The van der Waals surface area contributed by atoms with E-state index < -0.39 is 0 Å². The molecule has 2 heterocycles. The Hall–Kier alpha value is -2.11. The highest BCUT2D eigenvalue weighted by Crippen LogP contribution is 2.35. The van der Waals surface area contributed by atoms with Crippen LogP contribution in [0.1, 0.15) is 50.3 Å². The minimum Gasteiger partial charge on any atom is -0.357 e. The third-order valence-corrected chi connectivity index (χ3v) is 5.22. The highest BCUT2D eigenvalue weighted by molar-refractivity contribution is 5.87. The number of pyridine rings is 1. The zero-order valence-corrected chi connectivity index (χ0v) is 14.2. The Kier molecular flexibility index (Phi) is 5.33. The van der Waals surface area contributed by atoms with Crippen molar-refractivity contribution in [3.63, 3.8) is 0 Å². The molecule has 1 saturated heterocycles. The van der Waals surface area contributed by atoms with Gasteiger partial charge < -0.3 is 15.5 Å². The summed E-state index contributed by atoms with van der Waals surface area (Å²) in [7, 11) is 1.62. The summed E-state index contributed by atoms with van der Waals surface area (Å²) in [6, 6.07) is 5.24. The Labute approximate surface area is 143 Å². The summed E-state index contributed by atoms with van der Waals surface area (Å²) in [5.74, 6) is 0.336. The quantitative estimate of drug-likeness (QED) is 0.889. The largest absolute Gasteiger partial charge is 0.357 e. The van der Waals surface area contributed by atoms with E-state index in [1.807, 2.05) is 18.2 Å². The van der Waals surface area contributed by atoms with Gasteiger partial charge in [0.1, 0.15) is 6.04 Å². The molecule has 2 atom stereocenters. The number of likely N-dealkylation sites (tertiary alicyclic amines) is 1. The Morgan fingerprint density at radius 1 is 1.21 bits per heavy atom. The zero-order valence-electron chi connectivity index (χ0n) is 14.2. The number of amides is 3. The van der Waals surface area contributed by atoms with Crippen molar-refractivity contribution in [2.75, 3.05) is 13.6 Å². The Bertz CT molecular complexity index is 572. The van der Waals surface area contributed by atoms with Gasteiger partial charge in [-0.1, -0.05) is 18.9 Å². The van der Waals surface area contributed by atoms with Crippen molar-refractivity contribution in [2.24, 2.45) is 5.92 Å². The molecule has 2 N–H and O–H groups in total. The molecular weight excluding hydrogens is 304 g/mol. The normalized spacial score (nSPS) is 22.4. The first-order valence-corrected chi connectivity index (χ1v) is 8.90. The Balaban J connectivity index is 1.74. The number of rotatable bonds is 4. The van der Waals surface area contributed by atoms with Gasteiger partial charge in [0.05, 0.1) is 11.7 Å². The lowest BCUT2D eigenvalue weighted by Gasteiger charge is -2.29. The fourth-order valence-corrected chi connectivity index (χ4v) is 3.95. The average molecular weight is 330 g/mol. The van der Waals surface area contributed by atoms with Crippen molar-refractivity contribution in [1.29, 1.82) is 0 Å². The fraction of sp³-hybridized carbons (Fsp3) is 0.611. The van der Waals surface area contributed by atoms with Crippen LogP contribution in [0.2, 0.25) is 0 Å². The molecule has 2 aliphatic rings. The molecule has 24 heavy (non-hydrogen) atoms. The summed E-state index contributed by atoms with van der Waals surface area (Å²) < 4.78 is 0. The van der Waals surface area contributed by atoms with Crippen LogP contribution in [0.5, 0.6) is 0 Å². The summed E-state index contributed by atoms with van der Waals surface area (Å²) >= 11 is 0. The summed E-state index contributed by atoms with van der Waals surface area (Å²) in [6.45, 7) is 0.628. The maximum Gasteiger partial charge on any atom is 0.318 e. The average Bonchev–Trinajstić information content (AvgIpc) is 3.31. The minimum atomic E-state index is -0.358. The zero-order chi connectivity index (χ0) is 16.9. The molecule has 6 heteroatoms. The van der Waals surface area contributed by atoms with Crippen LogP contribution in [0.25, 0.3) is 0 Å². The molecule has 0 bridgehead atoms. The minimum absolute atomic E-state index is 0.0767. The molecule has 1 aliphatic carbocycles. The maximum atomic E-state index is 12.8. The number of carbonyl (C=O) groups excluding carboxylic acids is 2. The lowest BCUT2D eigenvalue weighted by Crippen LogP contribution is -2.50. The van der Waals surface area contributed by atoms with Gasteiger partial charge in [0.15, 0.2) is 0 Å². The predicted octanol–water partition coefficient (Wildman–Crippen LogP) is 2.23. The highest BCUT2D eigenvalue weighted by atomic mass is 16.2. The number of hydrogen-bond donors (Lipinski definition) is 2. The number of hydrogen-bond acceptors (Lipinski definition) is 3. The predicted molar refractivity (Wildman–Crippen MR) is 91.3 cm³/mol. The van der Waals surface area contributed by atoms with Gasteiger partial charge in [-0.2, -0.15) is 0 Å². The van der Waals surface area contributed by atoms with Crippen LogP contribution in [0.3, 0.4) is 0 Å². The van der Waals surface area contributed by atoms with Crippen molar-refractivity contribution in [2.45, 2.75) is 50.6 Å². The summed E-state index contributed by atoms with van der Waals surface area (Å²) in [6.07, 6.45) is 7.99. The highest BCUT2D eigenvalue weighted by Gasteiger charge is 2.36. The van der Waals surface area contributed by atoms with E-state index in [1.54, 1.807) is 18.1 Å². The molecule has 0 unspecified atom stereocenters. The van der Waals surface area contributed by atoms with Crippen LogP contribution in [-0.2, 0) is 4.79 Å². The molecule has 130 valence electrons. The van der Waals surface area contributed by atoms with Gasteiger partial charge >= 0.3 is 6.03 Å². The number of carbonyl (C=O) groups is 2. The lowest BCUT2D eigenvalue weighted by molar-refractivity contribution is -0.124. The van der Waals surface area contributed by atoms with E-state index in [0.717, 1.165) is 31.4 Å². The summed E-state index contributed by atoms with van der Waals surface area (Å²) in [4.78, 5) is 31.0. The van der Waals surface area contributed by atoms with E-state index >= 15 is 0 Å². The van der Waals surface area contributed by atoms with Gasteiger partial charge in [0, 0.05) is 19.8 Å². The van der Waals surface area contributed by atoms with Gasteiger partial charge in [-0.25, -0.2) is 4.79 Å². The fourth-order valence-electron chi connectivity index (χ4n) is 3.95. The van der Waals surface area contributed by atoms with E-state index in [0.29, 0.717) is 12.5 Å². The van der Waals surface area contributed by atoms with Crippen LogP contribution >= 0.6 is 0 Å². The maximum absolute atomic E-state index is 12.8. The molecule has 6 nitrogen and oxygen atoms in total. The number of nitrogens with zero attached hydrogens (tertiary/aromatic N) is 2. The van der Waals surface area contributed by atoms with Crippen LogP contribution < -0.4 is 10.6 Å². The summed E-state index contributed by atoms with van der Waals surface area (Å²) in [5.41, 5.74) is 0.911. The van der Waals surface area contributed by atoms with E-state index in [1.165, 1.54) is 12.8 Å². The molecule has 3 rings (SSSR count). The second kappa shape index (κ2) is 7.64. The first kappa shape index (κ1) is 16.7. The van der Waals surface area contributed by atoms with Gasteiger partial charge in [-0.05, 0) is 43.7 Å². The third kappa shape index (κ3) is 3.52. The lowest BCUT2D eigenvalue weighted by atomic mass is 9.95. The first-order chi connectivity index (χ1) is 11.7. The van der Waals surface area contributed by atoms with Crippen LogP contribution in [0.15, 0.2) is 24.4 Å². The second-order valence-corrected chi connectivity index (χ2v) is 6.69. The van der Waals surface area contributed by atoms with Crippen LogP contribution in [0, 0.1) is 5.92 Å². The van der Waals surface area contributed by atoms with Crippen molar-refractivity contribution in [3.05, 3.63) is 30.1 Å². The van der Waals surface area contributed by atoms with Gasteiger partial charge in [0.2, 0.25) is 5.91 Å². The van der Waals surface area contributed by atoms with Crippen LogP contribution in [-0.4, -0.2) is 41.5 Å². The monoisotopic (exact) mass is 330 g/mol. The molecule has 3 amide bonds. The number of nitrogens with one attached hydrogen (secondary N) is 2. The van der Waals surface area contributed by atoms with Crippen LogP contribution in [0.4, 0.5) is 4.79 Å². The molecular formula is C18H26N4O2. The topological polar surface area (TPSA) is 74.3 Å². The van der Waals surface area contributed by atoms with Gasteiger partial charge in [0.25, 0.3) is 0 Å². The molecule has 0 aromatic carbocycles. The molecule has 0 radical (unpaired) electrons.